The third-order valence-corrected chi connectivity index (χ3v) is 5.30. The molecule has 1 heterocycles. The summed E-state index contributed by atoms with van der Waals surface area (Å²) in [5, 5.41) is 6.66. The van der Waals surface area contributed by atoms with Gasteiger partial charge >= 0.3 is 0 Å². The largest absolute Gasteiger partial charge is 0.353 e. The zero-order chi connectivity index (χ0) is 13.7. The summed E-state index contributed by atoms with van der Waals surface area (Å²) in [5.74, 6) is 2.47. The van der Waals surface area contributed by atoms with E-state index in [0.717, 1.165) is 25.1 Å². The molecule has 1 saturated carbocycles. The average Bonchev–Trinajstić information content (AvgIpc) is 2.40. The first-order valence-corrected chi connectivity index (χ1v) is 8.57. The number of nitrogens with zero attached hydrogens (tertiary/aromatic N) is 1. The summed E-state index contributed by atoms with van der Waals surface area (Å²) in [6.45, 7) is 1.04. The van der Waals surface area contributed by atoms with Gasteiger partial charge in [0.15, 0.2) is 0 Å². The molecule has 1 amide bonds. The monoisotopic (exact) mass is 357 g/mol. The van der Waals surface area contributed by atoms with E-state index in [1.165, 1.54) is 18.6 Å². The number of hydrogen-bond acceptors (Lipinski definition) is 4. The predicted octanol–water partition coefficient (Wildman–Crippen LogP) is 1.91. The van der Waals surface area contributed by atoms with Gasteiger partial charge in [0, 0.05) is 42.6 Å². The Morgan fingerprint density at radius 1 is 1.33 bits per heavy atom. The lowest BCUT2D eigenvalue weighted by Crippen LogP contribution is -2.46. The van der Waals surface area contributed by atoms with Gasteiger partial charge in [0.1, 0.15) is 0 Å². The smallest absolute Gasteiger partial charge is 0.221 e. The molecule has 0 aromatic rings. The highest BCUT2D eigenvalue weighted by Crippen LogP contribution is 2.21. The number of nitrogens with one attached hydrogen (secondary N) is 2. The summed E-state index contributed by atoms with van der Waals surface area (Å²) in [7, 11) is 4.27. The van der Waals surface area contributed by atoms with Crippen molar-refractivity contribution in [3.05, 3.63) is 0 Å². The Labute approximate surface area is 145 Å². The van der Waals surface area contributed by atoms with E-state index in [0.29, 0.717) is 24.5 Å². The highest BCUT2D eigenvalue weighted by molar-refractivity contribution is 7.99. The van der Waals surface area contributed by atoms with E-state index in [-0.39, 0.29) is 30.7 Å². The van der Waals surface area contributed by atoms with Gasteiger partial charge in [-0.2, -0.15) is 11.8 Å². The number of rotatable bonds is 4. The van der Waals surface area contributed by atoms with Crippen LogP contribution in [0.4, 0.5) is 0 Å². The molecule has 0 aromatic heterocycles. The quantitative estimate of drug-likeness (QED) is 0.806. The highest BCUT2D eigenvalue weighted by Gasteiger charge is 2.25. The van der Waals surface area contributed by atoms with Crippen molar-refractivity contribution in [2.45, 2.75) is 50.2 Å². The van der Waals surface area contributed by atoms with Gasteiger partial charge < -0.3 is 15.5 Å². The lowest BCUT2D eigenvalue weighted by atomic mass is 9.90. The summed E-state index contributed by atoms with van der Waals surface area (Å²) in [6, 6.07) is 1.37. The number of carbonyl (C=O) groups excluding carboxylic acids is 1. The predicted molar refractivity (Wildman–Crippen MR) is 96.1 cm³/mol. The number of halogens is 2. The fraction of sp³-hybridized carbons (Fsp3) is 0.929. The zero-order valence-electron chi connectivity index (χ0n) is 13.0. The fourth-order valence-corrected chi connectivity index (χ4v) is 3.97. The van der Waals surface area contributed by atoms with E-state index in [1.54, 1.807) is 0 Å². The van der Waals surface area contributed by atoms with Crippen molar-refractivity contribution in [1.29, 1.82) is 0 Å². The Morgan fingerprint density at radius 2 is 2.10 bits per heavy atom. The molecule has 2 aliphatic rings. The third kappa shape index (κ3) is 7.42. The van der Waals surface area contributed by atoms with Gasteiger partial charge in [-0.05, 0) is 39.8 Å². The second-order valence-corrected chi connectivity index (χ2v) is 7.13. The number of amides is 1. The van der Waals surface area contributed by atoms with Crippen molar-refractivity contribution >= 4 is 42.5 Å². The van der Waals surface area contributed by atoms with Crippen molar-refractivity contribution < 1.29 is 4.79 Å². The second kappa shape index (κ2) is 10.9. The van der Waals surface area contributed by atoms with E-state index in [2.05, 4.69) is 29.6 Å². The van der Waals surface area contributed by atoms with Crippen molar-refractivity contribution in [1.82, 2.24) is 15.5 Å². The molecule has 1 aliphatic heterocycles. The van der Waals surface area contributed by atoms with Crippen LogP contribution >= 0.6 is 36.6 Å². The Hall–Kier alpha value is 0.320. The molecule has 126 valence electrons. The Balaban J connectivity index is 0.00000200. The first kappa shape index (κ1) is 21.3. The minimum absolute atomic E-state index is 0. The van der Waals surface area contributed by atoms with Gasteiger partial charge in [0.2, 0.25) is 5.91 Å². The minimum atomic E-state index is 0. The Bertz CT molecular complexity index is 302. The second-order valence-electron chi connectivity index (χ2n) is 5.98. The molecule has 2 rings (SSSR count). The SMILES string of the molecule is CN(C)C1CCCC(NC(=O)CC2CSCCN2)C1.Cl.Cl. The van der Waals surface area contributed by atoms with Gasteiger partial charge in [-0.1, -0.05) is 0 Å². The van der Waals surface area contributed by atoms with Crippen LogP contribution in [-0.4, -0.2) is 61.1 Å². The molecule has 2 N–H and O–H groups in total. The molecule has 4 nitrogen and oxygen atoms in total. The molecule has 0 spiro atoms. The van der Waals surface area contributed by atoms with Gasteiger partial charge in [-0.25, -0.2) is 0 Å². The molecular formula is C14H29Cl2N3OS. The van der Waals surface area contributed by atoms with Crippen LogP contribution in [0.25, 0.3) is 0 Å². The van der Waals surface area contributed by atoms with E-state index in [1.807, 2.05) is 11.8 Å². The molecule has 2 fully saturated rings. The van der Waals surface area contributed by atoms with Crippen LogP contribution in [0, 0.1) is 0 Å². The number of hydrogen-bond donors (Lipinski definition) is 2. The van der Waals surface area contributed by atoms with Crippen LogP contribution in [-0.2, 0) is 4.79 Å². The van der Waals surface area contributed by atoms with E-state index in [4.69, 9.17) is 0 Å². The number of carbonyl (C=O) groups is 1. The van der Waals surface area contributed by atoms with E-state index < -0.39 is 0 Å². The zero-order valence-corrected chi connectivity index (χ0v) is 15.4. The van der Waals surface area contributed by atoms with Crippen LogP contribution < -0.4 is 10.6 Å². The molecule has 0 bridgehead atoms. The molecule has 3 unspecified atom stereocenters. The fourth-order valence-electron chi connectivity index (χ4n) is 3.03. The van der Waals surface area contributed by atoms with Gasteiger partial charge in [0.05, 0.1) is 0 Å². The summed E-state index contributed by atoms with van der Waals surface area (Å²) in [6.07, 6.45) is 5.37. The van der Waals surface area contributed by atoms with Gasteiger partial charge in [-0.15, -0.1) is 24.8 Å². The Morgan fingerprint density at radius 3 is 2.71 bits per heavy atom. The third-order valence-electron chi connectivity index (χ3n) is 4.17. The topological polar surface area (TPSA) is 44.4 Å². The van der Waals surface area contributed by atoms with Crippen LogP contribution in [0.1, 0.15) is 32.1 Å². The standard InChI is InChI=1S/C14H27N3OS.2ClH/c1-17(2)13-5-3-4-11(8-13)16-14(18)9-12-10-19-7-6-15-12;;/h11-13,15H,3-10H2,1-2H3,(H,16,18);2*1H. The van der Waals surface area contributed by atoms with Crippen LogP contribution in [0.2, 0.25) is 0 Å². The first-order valence-electron chi connectivity index (χ1n) is 7.42. The van der Waals surface area contributed by atoms with Crippen molar-refractivity contribution in [2.75, 3.05) is 32.1 Å². The first-order chi connectivity index (χ1) is 9.15. The lowest BCUT2D eigenvalue weighted by molar-refractivity contribution is -0.122. The number of thioether (sulfide) groups is 1. The van der Waals surface area contributed by atoms with Crippen LogP contribution in [0.5, 0.6) is 0 Å². The summed E-state index contributed by atoms with van der Waals surface area (Å²) >= 11 is 1.95. The van der Waals surface area contributed by atoms with E-state index >= 15 is 0 Å². The van der Waals surface area contributed by atoms with Gasteiger partial charge in [0.25, 0.3) is 0 Å². The minimum Gasteiger partial charge on any atom is -0.353 e. The molecule has 1 aliphatic carbocycles. The molecule has 0 aromatic carbocycles. The molecule has 21 heavy (non-hydrogen) atoms. The lowest BCUT2D eigenvalue weighted by Gasteiger charge is -2.34. The summed E-state index contributed by atoms with van der Waals surface area (Å²) < 4.78 is 0. The normalized spacial score (nSPS) is 29.2. The maximum atomic E-state index is 12.1. The molecule has 7 heteroatoms. The maximum Gasteiger partial charge on any atom is 0.221 e. The highest BCUT2D eigenvalue weighted by atomic mass is 35.5. The van der Waals surface area contributed by atoms with Crippen molar-refractivity contribution in [2.24, 2.45) is 0 Å². The molecule has 3 atom stereocenters. The molecular weight excluding hydrogens is 329 g/mol. The molecule has 0 radical (unpaired) electrons. The summed E-state index contributed by atoms with van der Waals surface area (Å²) in [5.41, 5.74) is 0. The average molecular weight is 358 g/mol. The van der Waals surface area contributed by atoms with Crippen molar-refractivity contribution in [3.8, 4) is 0 Å². The van der Waals surface area contributed by atoms with Crippen LogP contribution in [0.15, 0.2) is 0 Å². The van der Waals surface area contributed by atoms with Gasteiger partial charge in [-0.3, -0.25) is 4.79 Å². The molecule has 1 saturated heterocycles. The van der Waals surface area contributed by atoms with Crippen molar-refractivity contribution in [3.63, 3.8) is 0 Å². The van der Waals surface area contributed by atoms with Crippen LogP contribution in [0.3, 0.4) is 0 Å². The van der Waals surface area contributed by atoms with E-state index in [9.17, 15) is 4.79 Å². The Kier molecular flexibility index (Phi) is 11.1. The maximum absolute atomic E-state index is 12.1. The summed E-state index contributed by atoms with van der Waals surface area (Å²) in [4.78, 5) is 14.4.